The van der Waals surface area contributed by atoms with Crippen molar-refractivity contribution in [3.05, 3.63) is 95.0 Å². The van der Waals surface area contributed by atoms with Gasteiger partial charge in [-0.1, -0.05) is 61.0 Å². The maximum atomic E-state index is 12.9. The van der Waals surface area contributed by atoms with E-state index in [1.807, 2.05) is 55.5 Å². The molecule has 0 heterocycles. The normalized spacial score (nSPS) is 11.6. The van der Waals surface area contributed by atoms with Gasteiger partial charge in [0.2, 0.25) is 5.91 Å². The summed E-state index contributed by atoms with van der Waals surface area (Å²) in [5, 5.41) is 3.32. The molecule has 0 saturated carbocycles. The number of halogens is 1. The van der Waals surface area contributed by atoms with Gasteiger partial charge < -0.3 is 5.32 Å². The number of para-hydroxylation sites is 1. The maximum Gasteiger partial charge on any atom is 0.237 e. The molecular formula is C23H20ClNO2S. The van der Waals surface area contributed by atoms with E-state index in [0.717, 1.165) is 4.90 Å². The number of carbonyl (C=O) groups is 2. The minimum absolute atomic E-state index is 0.116. The standard InChI is InChI=1S/C23H20ClNO2S/c1-2-21(28-18-14-12-17(24)13-15-18)23(27)25-20-11-7-6-10-19(20)22(26)16-8-4-3-5-9-16/h3-15,21H,2H2,1H3,(H,25,27). The first kappa shape index (κ1) is 20.2. The van der Waals surface area contributed by atoms with Gasteiger partial charge in [0.15, 0.2) is 5.78 Å². The van der Waals surface area contributed by atoms with Gasteiger partial charge in [-0.15, -0.1) is 11.8 Å². The minimum atomic E-state index is -0.277. The van der Waals surface area contributed by atoms with Gasteiger partial charge in [0.05, 0.1) is 10.9 Å². The lowest BCUT2D eigenvalue weighted by Crippen LogP contribution is -2.25. The van der Waals surface area contributed by atoms with Gasteiger partial charge in [-0.3, -0.25) is 9.59 Å². The van der Waals surface area contributed by atoms with Gasteiger partial charge in [-0.05, 0) is 42.8 Å². The molecule has 0 aliphatic carbocycles. The number of thioether (sulfide) groups is 1. The number of anilines is 1. The summed E-state index contributed by atoms with van der Waals surface area (Å²) < 4.78 is 0. The van der Waals surface area contributed by atoms with Gasteiger partial charge in [-0.2, -0.15) is 0 Å². The van der Waals surface area contributed by atoms with Crippen LogP contribution in [0.5, 0.6) is 0 Å². The maximum absolute atomic E-state index is 12.9. The molecule has 0 aromatic heterocycles. The highest BCUT2D eigenvalue weighted by molar-refractivity contribution is 8.00. The molecule has 1 atom stereocenters. The lowest BCUT2D eigenvalue weighted by atomic mass is 10.0. The summed E-state index contributed by atoms with van der Waals surface area (Å²) in [6.07, 6.45) is 0.661. The molecule has 1 unspecified atom stereocenters. The highest BCUT2D eigenvalue weighted by Gasteiger charge is 2.21. The summed E-state index contributed by atoms with van der Waals surface area (Å²) in [7, 11) is 0. The van der Waals surface area contributed by atoms with Gasteiger partial charge >= 0.3 is 0 Å². The van der Waals surface area contributed by atoms with Crippen LogP contribution in [0.2, 0.25) is 5.02 Å². The average Bonchev–Trinajstić information content (AvgIpc) is 2.73. The van der Waals surface area contributed by atoms with Crippen molar-refractivity contribution < 1.29 is 9.59 Å². The van der Waals surface area contributed by atoms with Gasteiger partial charge in [0.1, 0.15) is 0 Å². The van der Waals surface area contributed by atoms with Crippen LogP contribution in [0.25, 0.3) is 0 Å². The summed E-state index contributed by atoms with van der Waals surface area (Å²) in [5.41, 5.74) is 1.59. The Morgan fingerprint density at radius 1 is 0.929 bits per heavy atom. The quantitative estimate of drug-likeness (QED) is 0.380. The third-order valence-corrected chi connectivity index (χ3v) is 5.85. The Morgan fingerprint density at radius 3 is 2.25 bits per heavy atom. The van der Waals surface area contributed by atoms with Crippen molar-refractivity contribution in [1.29, 1.82) is 0 Å². The summed E-state index contributed by atoms with van der Waals surface area (Å²) in [6, 6.07) is 23.6. The largest absolute Gasteiger partial charge is 0.324 e. The zero-order valence-electron chi connectivity index (χ0n) is 15.4. The molecule has 0 saturated heterocycles. The number of nitrogens with one attached hydrogen (secondary N) is 1. The lowest BCUT2D eigenvalue weighted by molar-refractivity contribution is -0.115. The van der Waals surface area contributed by atoms with E-state index in [2.05, 4.69) is 5.32 Å². The minimum Gasteiger partial charge on any atom is -0.324 e. The summed E-state index contributed by atoms with van der Waals surface area (Å²) in [4.78, 5) is 26.7. The summed E-state index contributed by atoms with van der Waals surface area (Å²) in [6.45, 7) is 1.97. The zero-order valence-corrected chi connectivity index (χ0v) is 17.0. The van der Waals surface area contributed by atoms with Gasteiger partial charge in [0, 0.05) is 21.0 Å². The Balaban J connectivity index is 1.78. The molecule has 28 heavy (non-hydrogen) atoms. The first-order valence-corrected chi connectivity index (χ1v) is 10.3. The molecule has 1 amide bonds. The van der Waals surface area contributed by atoms with Crippen LogP contribution in [0, 0.1) is 0 Å². The number of ketones is 1. The molecule has 3 rings (SSSR count). The first-order valence-electron chi connectivity index (χ1n) is 9.00. The lowest BCUT2D eigenvalue weighted by Gasteiger charge is -2.16. The molecule has 0 aliphatic heterocycles. The fraction of sp³-hybridized carbons (Fsp3) is 0.130. The van der Waals surface area contributed by atoms with E-state index in [0.29, 0.717) is 28.3 Å². The van der Waals surface area contributed by atoms with Crippen molar-refractivity contribution in [2.75, 3.05) is 5.32 Å². The van der Waals surface area contributed by atoms with Crippen molar-refractivity contribution in [1.82, 2.24) is 0 Å². The number of amides is 1. The number of hydrogen-bond donors (Lipinski definition) is 1. The molecule has 0 fully saturated rings. The number of benzene rings is 3. The zero-order chi connectivity index (χ0) is 19.9. The predicted molar refractivity (Wildman–Crippen MR) is 116 cm³/mol. The van der Waals surface area contributed by atoms with Crippen molar-refractivity contribution in [3.63, 3.8) is 0 Å². The van der Waals surface area contributed by atoms with E-state index in [1.54, 1.807) is 30.3 Å². The molecule has 0 bridgehead atoms. The molecular weight excluding hydrogens is 390 g/mol. The molecule has 3 nitrogen and oxygen atoms in total. The van der Waals surface area contributed by atoms with Crippen LogP contribution >= 0.6 is 23.4 Å². The number of hydrogen-bond acceptors (Lipinski definition) is 3. The molecule has 0 spiro atoms. The second kappa shape index (κ2) is 9.58. The Hall–Kier alpha value is -2.56. The van der Waals surface area contributed by atoms with Crippen molar-refractivity contribution >= 4 is 40.7 Å². The Bertz CT molecular complexity index is 958. The van der Waals surface area contributed by atoms with E-state index in [9.17, 15) is 9.59 Å². The van der Waals surface area contributed by atoms with Crippen LogP contribution in [0.1, 0.15) is 29.3 Å². The van der Waals surface area contributed by atoms with E-state index in [1.165, 1.54) is 11.8 Å². The van der Waals surface area contributed by atoms with Gasteiger partial charge in [-0.25, -0.2) is 0 Å². The van der Waals surface area contributed by atoms with Crippen LogP contribution in [0.4, 0.5) is 5.69 Å². The summed E-state index contributed by atoms with van der Waals surface area (Å²) in [5.74, 6) is -0.245. The molecule has 142 valence electrons. The molecule has 0 radical (unpaired) electrons. The second-order valence-corrected chi connectivity index (χ2v) is 7.91. The number of rotatable bonds is 7. The Kier molecular flexibility index (Phi) is 6.90. The van der Waals surface area contributed by atoms with Crippen LogP contribution in [0.3, 0.4) is 0 Å². The molecule has 3 aromatic rings. The smallest absolute Gasteiger partial charge is 0.237 e. The van der Waals surface area contributed by atoms with E-state index in [-0.39, 0.29) is 16.9 Å². The SMILES string of the molecule is CCC(Sc1ccc(Cl)cc1)C(=O)Nc1ccccc1C(=O)c1ccccc1. The highest BCUT2D eigenvalue weighted by atomic mass is 35.5. The van der Waals surface area contributed by atoms with Crippen molar-refractivity contribution in [3.8, 4) is 0 Å². The fourth-order valence-corrected chi connectivity index (χ4v) is 3.83. The van der Waals surface area contributed by atoms with E-state index < -0.39 is 0 Å². The Morgan fingerprint density at radius 2 is 1.57 bits per heavy atom. The average molecular weight is 410 g/mol. The monoisotopic (exact) mass is 409 g/mol. The first-order chi connectivity index (χ1) is 13.6. The van der Waals surface area contributed by atoms with Crippen LogP contribution in [0.15, 0.2) is 83.8 Å². The van der Waals surface area contributed by atoms with Crippen LogP contribution < -0.4 is 5.32 Å². The number of carbonyl (C=O) groups excluding carboxylic acids is 2. The predicted octanol–water partition coefficient (Wildman–Crippen LogP) is 6.08. The molecule has 0 aliphatic rings. The molecule has 3 aromatic carbocycles. The Labute approximate surface area is 174 Å². The van der Waals surface area contributed by atoms with E-state index in [4.69, 9.17) is 11.6 Å². The van der Waals surface area contributed by atoms with E-state index >= 15 is 0 Å². The molecule has 1 N–H and O–H groups in total. The van der Waals surface area contributed by atoms with Crippen molar-refractivity contribution in [2.24, 2.45) is 0 Å². The topological polar surface area (TPSA) is 46.2 Å². The highest BCUT2D eigenvalue weighted by Crippen LogP contribution is 2.28. The third kappa shape index (κ3) is 5.03. The fourth-order valence-electron chi connectivity index (χ4n) is 2.75. The second-order valence-electron chi connectivity index (χ2n) is 6.20. The van der Waals surface area contributed by atoms with Crippen molar-refractivity contribution in [2.45, 2.75) is 23.5 Å². The van der Waals surface area contributed by atoms with Crippen LogP contribution in [-0.4, -0.2) is 16.9 Å². The molecule has 5 heteroatoms. The van der Waals surface area contributed by atoms with Gasteiger partial charge in [0.25, 0.3) is 0 Å². The van der Waals surface area contributed by atoms with Crippen LogP contribution in [-0.2, 0) is 4.79 Å². The third-order valence-electron chi connectivity index (χ3n) is 4.22. The summed E-state index contributed by atoms with van der Waals surface area (Å²) >= 11 is 7.41.